The Morgan fingerprint density at radius 2 is 2.14 bits per heavy atom. The number of fused-ring (bicyclic) bond motifs is 1. The summed E-state index contributed by atoms with van der Waals surface area (Å²) in [5.41, 5.74) is 1.60. The molecule has 0 amide bonds. The molecule has 0 saturated carbocycles. The van der Waals surface area contributed by atoms with Gasteiger partial charge in [-0.05, 0) is 32.0 Å². The molecule has 0 aliphatic carbocycles. The van der Waals surface area contributed by atoms with Crippen molar-refractivity contribution in [2.24, 2.45) is 5.41 Å². The summed E-state index contributed by atoms with van der Waals surface area (Å²) in [7, 11) is 2.73. The van der Waals surface area contributed by atoms with Crippen LogP contribution in [0.2, 0.25) is 0 Å². The van der Waals surface area contributed by atoms with Crippen molar-refractivity contribution in [2.75, 3.05) is 26.1 Å². The van der Waals surface area contributed by atoms with Crippen LogP contribution in [0.3, 0.4) is 0 Å². The van der Waals surface area contributed by atoms with Crippen molar-refractivity contribution >= 4 is 17.4 Å². The van der Waals surface area contributed by atoms with Gasteiger partial charge in [0.25, 0.3) is 0 Å². The van der Waals surface area contributed by atoms with Crippen molar-refractivity contribution in [3.63, 3.8) is 0 Å². The molecule has 144 valence electrons. The molecule has 28 heavy (non-hydrogen) atoms. The first-order valence-corrected chi connectivity index (χ1v) is 8.51. The predicted molar refractivity (Wildman–Crippen MR) is 102 cm³/mol. The average Bonchev–Trinajstić information content (AvgIpc) is 3.13. The van der Waals surface area contributed by atoms with E-state index in [0.717, 1.165) is 0 Å². The maximum absolute atomic E-state index is 12.0. The van der Waals surface area contributed by atoms with Crippen LogP contribution in [0.1, 0.15) is 24.2 Å². The molecule has 9 nitrogen and oxygen atoms in total. The Morgan fingerprint density at radius 3 is 2.82 bits per heavy atom. The van der Waals surface area contributed by atoms with Crippen molar-refractivity contribution < 1.29 is 14.3 Å². The molecular formula is C19H20N6O3. The summed E-state index contributed by atoms with van der Waals surface area (Å²) in [6.07, 6.45) is 3.31. The molecule has 0 aliphatic rings. The molecule has 3 heterocycles. The summed E-state index contributed by atoms with van der Waals surface area (Å²) in [5, 5.41) is 16.8. The third-order valence-electron chi connectivity index (χ3n) is 4.08. The lowest BCUT2D eigenvalue weighted by Crippen LogP contribution is -2.21. The van der Waals surface area contributed by atoms with Gasteiger partial charge >= 0.3 is 5.97 Å². The Hall–Kier alpha value is -3.67. The molecule has 9 heteroatoms. The molecule has 0 fully saturated rings. The van der Waals surface area contributed by atoms with Gasteiger partial charge in [0.1, 0.15) is 11.4 Å². The van der Waals surface area contributed by atoms with Gasteiger partial charge in [-0.2, -0.15) is 10.4 Å². The molecule has 0 aliphatic heterocycles. The molecule has 0 atom stereocenters. The minimum Gasteiger partial charge on any atom is -0.480 e. The Bertz CT molecular complexity index is 1070. The van der Waals surface area contributed by atoms with E-state index < -0.39 is 11.4 Å². The van der Waals surface area contributed by atoms with Gasteiger partial charge in [0, 0.05) is 18.3 Å². The number of esters is 1. The van der Waals surface area contributed by atoms with Crippen LogP contribution in [0.25, 0.3) is 16.9 Å². The third-order valence-corrected chi connectivity index (χ3v) is 4.08. The van der Waals surface area contributed by atoms with Gasteiger partial charge in [-0.25, -0.2) is 19.3 Å². The number of nitriles is 1. The number of anilines is 1. The lowest BCUT2D eigenvalue weighted by atomic mass is 9.96. The minimum atomic E-state index is -0.540. The molecule has 3 aromatic heterocycles. The topological polar surface area (TPSA) is 114 Å². The number of rotatable bonds is 6. The molecule has 0 bridgehead atoms. The Labute approximate surface area is 161 Å². The van der Waals surface area contributed by atoms with Crippen LogP contribution in [0.5, 0.6) is 5.88 Å². The highest BCUT2D eigenvalue weighted by Crippen LogP contribution is 2.24. The number of imidazole rings is 1. The zero-order valence-corrected chi connectivity index (χ0v) is 16.1. The van der Waals surface area contributed by atoms with Gasteiger partial charge in [-0.3, -0.25) is 0 Å². The summed E-state index contributed by atoms with van der Waals surface area (Å²) in [6, 6.07) is 7.46. The maximum Gasteiger partial charge on any atom is 0.343 e. The van der Waals surface area contributed by atoms with Crippen LogP contribution < -0.4 is 10.1 Å². The van der Waals surface area contributed by atoms with E-state index in [1.54, 1.807) is 29.0 Å². The largest absolute Gasteiger partial charge is 0.480 e. The van der Waals surface area contributed by atoms with E-state index in [9.17, 15) is 4.79 Å². The number of hydrogen-bond donors (Lipinski definition) is 1. The van der Waals surface area contributed by atoms with E-state index in [1.807, 2.05) is 19.9 Å². The van der Waals surface area contributed by atoms with Crippen molar-refractivity contribution in [3.05, 3.63) is 36.2 Å². The monoisotopic (exact) mass is 380 g/mol. The van der Waals surface area contributed by atoms with Crippen LogP contribution in [0.4, 0.5) is 5.82 Å². The van der Waals surface area contributed by atoms with E-state index >= 15 is 0 Å². The standard InChI is InChI=1S/C19H20N6O3/c1-19(2,10-20)11-22-15-9-25-16(23-15)6-5-14(24-25)12-7-13(18(26)28-4)17(27-3)21-8-12/h5-9,22H,11H2,1-4H3. The summed E-state index contributed by atoms with van der Waals surface area (Å²) in [4.78, 5) is 20.6. The van der Waals surface area contributed by atoms with Gasteiger partial charge in [0.05, 0.1) is 37.6 Å². The lowest BCUT2D eigenvalue weighted by Gasteiger charge is -2.14. The van der Waals surface area contributed by atoms with Gasteiger partial charge in [-0.1, -0.05) is 0 Å². The number of carbonyl (C=O) groups is 1. The lowest BCUT2D eigenvalue weighted by molar-refractivity contribution is 0.0596. The van der Waals surface area contributed by atoms with Gasteiger partial charge in [0.2, 0.25) is 5.88 Å². The fraction of sp³-hybridized carbons (Fsp3) is 0.316. The second-order valence-corrected chi connectivity index (χ2v) is 6.77. The van der Waals surface area contributed by atoms with Crippen LogP contribution in [0.15, 0.2) is 30.6 Å². The van der Waals surface area contributed by atoms with E-state index in [-0.39, 0.29) is 11.4 Å². The van der Waals surface area contributed by atoms with E-state index in [0.29, 0.717) is 29.3 Å². The molecule has 0 unspecified atom stereocenters. The molecule has 1 N–H and O–H groups in total. The second kappa shape index (κ2) is 7.52. The Kier molecular flexibility index (Phi) is 5.13. The average molecular weight is 380 g/mol. The summed E-state index contributed by atoms with van der Waals surface area (Å²) >= 11 is 0. The zero-order valence-electron chi connectivity index (χ0n) is 16.1. The van der Waals surface area contributed by atoms with Crippen molar-refractivity contribution in [3.8, 4) is 23.2 Å². The van der Waals surface area contributed by atoms with E-state index in [2.05, 4.69) is 26.5 Å². The van der Waals surface area contributed by atoms with Gasteiger partial charge in [-0.15, -0.1) is 0 Å². The summed E-state index contributed by atoms with van der Waals surface area (Å²) < 4.78 is 11.5. The Balaban J connectivity index is 1.92. The van der Waals surface area contributed by atoms with Crippen molar-refractivity contribution in [1.29, 1.82) is 5.26 Å². The normalized spacial score (nSPS) is 11.1. The van der Waals surface area contributed by atoms with Crippen LogP contribution in [-0.4, -0.2) is 46.3 Å². The quantitative estimate of drug-likeness (QED) is 0.649. The van der Waals surface area contributed by atoms with Crippen LogP contribution >= 0.6 is 0 Å². The highest BCUT2D eigenvalue weighted by atomic mass is 16.5. The zero-order chi connectivity index (χ0) is 20.3. The second-order valence-electron chi connectivity index (χ2n) is 6.77. The number of ether oxygens (including phenoxy) is 2. The first kappa shape index (κ1) is 19.1. The van der Waals surface area contributed by atoms with Gasteiger partial charge < -0.3 is 14.8 Å². The van der Waals surface area contributed by atoms with Gasteiger partial charge in [0.15, 0.2) is 5.65 Å². The molecule has 0 aromatic carbocycles. The van der Waals surface area contributed by atoms with E-state index in [4.69, 9.17) is 14.7 Å². The molecule has 0 radical (unpaired) electrons. The minimum absolute atomic E-state index is 0.186. The van der Waals surface area contributed by atoms with E-state index in [1.165, 1.54) is 14.2 Å². The third kappa shape index (κ3) is 3.86. The highest BCUT2D eigenvalue weighted by Gasteiger charge is 2.18. The first-order valence-electron chi connectivity index (χ1n) is 8.51. The fourth-order valence-corrected chi connectivity index (χ4v) is 2.48. The SMILES string of the molecule is COC(=O)c1cc(-c2ccc3nc(NCC(C)(C)C#N)cn3n2)cnc1OC. The predicted octanol–water partition coefficient (Wildman–Crippen LogP) is 2.55. The molecule has 3 aromatic rings. The number of nitrogens with one attached hydrogen (secondary N) is 1. The molecular weight excluding hydrogens is 360 g/mol. The highest BCUT2D eigenvalue weighted by molar-refractivity contribution is 5.93. The summed E-state index contributed by atoms with van der Waals surface area (Å²) in [5.74, 6) is 0.267. The first-order chi connectivity index (χ1) is 13.4. The van der Waals surface area contributed by atoms with Crippen LogP contribution in [0, 0.1) is 16.7 Å². The summed E-state index contributed by atoms with van der Waals surface area (Å²) in [6.45, 7) is 4.16. The van der Waals surface area contributed by atoms with Crippen molar-refractivity contribution in [2.45, 2.75) is 13.8 Å². The number of carbonyl (C=O) groups excluding carboxylic acids is 1. The number of hydrogen-bond acceptors (Lipinski definition) is 8. The number of nitrogens with zero attached hydrogens (tertiary/aromatic N) is 5. The van der Waals surface area contributed by atoms with Crippen molar-refractivity contribution in [1.82, 2.24) is 19.6 Å². The smallest absolute Gasteiger partial charge is 0.343 e. The maximum atomic E-state index is 12.0. The number of aromatic nitrogens is 4. The number of methoxy groups -OCH3 is 2. The Morgan fingerprint density at radius 1 is 1.36 bits per heavy atom. The molecule has 0 spiro atoms. The fourth-order valence-electron chi connectivity index (χ4n) is 2.48. The molecule has 3 rings (SSSR count). The van der Waals surface area contributed by atoms with Crippen LogP contribution in [-0.2, 0) is 4.74 Å². The molecule has 0 saturated heterocycles. The number of pyridine rings is 1.